The first-order chi connectivity index (χ1) is 10.0. The molecule has 1 rings (SSSR count). The Hall–Kier alpha value is -0.540. The van der Waals surface area contributed by atoms with Crippen LogP contribution in [0.25, 0.3) is 6.08 Å². The van der Waals surface area contributed by atoms with E-state index in [4.69, 9.17) is 11.6 Å². The smallest absolute Gasteiger partial charge is 0.0764 e. The summed E-state index contributed by atoms with van der Waals surface area (Å²) < 4.78 is 0. The van der Waals surface area contributed by atoms with Crippen LogP contribution in [0.5, 0.6) is 0 Å². The van der Waals surface area contributed by atoms with Gasteiger partial charge in [-0.2, -0.15) is 0 Å². The molecule has 0 bridgehead atoms. The van der Waals surface area contributed by atoms with Crippen molar-refractivity contribution in [2.75, 3.05) is 20.6 Å². The van der Waals surface area contributed by atoms with E-state index in [0.717, 1.165) is 23.6 Å². The lowest BCUT2D eigenvalue weighted by molar-refractivity contribution is 0.122. The number of nitrogens with zero attached hydrogens (tertiary/aromatic N) is 1. The van der Waals surface area contributed by atoms with Gasteiger partial charge in [0.15, 0.2) is 0 Å². The van der Waals surface area contributed by atoms with Crippen molar-refractivity contribution in [1.82, 2.24) is 4.90 Å². The molecule has 1 aromatic rings. The lowest BCUT2D eigenvalue weighted by atomic mass is 9.94. The molecule has 0 aliphatic carbocycles. The molecule has 0 spiro atoms. The Kier molecular flexibility index (Phi) is 11.7. The van der Waals surface area contributed by atoms with Crippen molar-refractivity contribution >= 4 is 30.1 Å². The number of hydrogen-bond acceptors (Lipinski definition) is 2. The van der Waals surface area contributed by atoms with Gasteiger partial charge in [0, 0.05) is 17.5 Å². The Morgan fingerprint density at radius 3 is 2.36 bits per heavy atom. The fourth-order valence-electron chi connectivity index (χ4n) is 2.44. The number of aliphatic hydroxyl groups excluding tert-OH is 1. The summed E-state index contributed by atoms with van der Waals surface area (Å²) >= 11 is 5.87. The van der Waals surface area contributed by atoms with Crippen molar-refractivity contribution in [3.8, 4) is 0 Å². The van der Waals surface area contributed by atoms with Gasteiger partial charge in [0.2, 0.25) is 0 Å². The number of benzene rings is 1. The van der Waals surface area contributed by atoms with Gasteiger partial charge >= 0.3 is 0 Å². The Morgan fingerprint density at radius 2 is 1.82 bits per heavy atom. The SMILES string of the molecule is CCCCC[C@@H](CN(C)C)[C@H](O)/C=C/c1ccc(Cl)cc1.Cl. The third-order valence-electron chi connectivity index (χ3n) is 3.62. The van der Waals surface area contributed by atoms with Crippen molar-refractivity contribution in [2.45, 2.75) is 38.7 Å². The highest BCUT2D eigenvalue weighted by Gasteiger charge is 2.17. The van der Waals surface area contributed by atoms with E-state index >= 15 is 0 Å². The maximum absolute atomic E-state index is 10.4. The fourth-order valence-corrected chi connectivity index (χ4v) is 2.56. The van der Waals surface area contributed by atoms with Crippen LogP contribution in [-0.2, 0) is 0 Å². The van der Waals surface area contributed by atoms with Crippen molar-refractivity contribution in [3.05, 3.63) is 40.9 Å². The molecular formula is C18H29Cl2NO. The predicted octanol–water partition coefficient (Wildman–Crippen LogP) is 4.89. The van der Waals surface area contributed by atoms with E-state index < -0.39 is 6.10 Å². The summed E-state index contributed by atoms with van der Waals surface area (Å²) in [4.78, 5) is 2.15. The third kappa shape index (κ3) is 8.79. The zero-order chi connectivity index (χ0) is 15.7. The molecule has 0 unspecified atom stereocenters. The Bertz CT molecular complexity index is 418. The van der Waals surface area contributed by atoms with Gasteiger partial charge in [-0.1, -0.05) is 62.1 Å². The summed E-state index contributed by atoms with van der Waals surface area (Å²) in [7, 11) is 4.12. The van der Waals surface area contributed by atoms with E-state index in [1.165, 1.54) is 19.3 Å². The molecule has 0 saturated carbocycles. The predicted molar refractivity (Wildman–Crippen MR) is 99.9 cm³/mol. The maximum atomic E-state index is 10.4. The molecule has 0 aliphatic heterocycles. The first-order valence-corrected chi connectivity index (χ1v) is 8.17. The van der Waals surface area contributed by atoms with Crippen molar-refractivity contribution in [1.29, 1.82) is 0 Å². The topological polar surface area (TPSA) is 23.5 Å². The second-order valence-corrected chi connectivity index (χ2v) is 6.36. The minimum atomic E-state index is -0.403. The molecule has 2 nitrogen and oxygen atoms in total. The molecule has 1 aromatic carbocycles. The van der Waals surface area contributed by atoms with E-state index in [2.05, 4.69) is 25.9 Å². The molecular weight excluding hydrogens is 317 g/mol. The van der Waals surface area contributed by atoms with Crippen LogP contribution in [0.2, 0.25) is 5.02 Å². The molecule has 4 heteroatoms. The number of hydrogen-bond donors (Lipinski definition) is 1. The number of halogens is 2. The van der Waals surface area contributed by atoms with Crippen LogP contribution in [-0.4, -0.2) is 36.8 Å². The van der Waals surface area contributed by atoms with Crippen LogP contribution in [0, 0.1) is 5.92 Å². The normalized spacial score (nSPS) is 14.1. The number of rotatable bonds is 9. The van der Waals surface area contributed by atoms with Gasteiger partial charge in [-0.15, -0.1) is 12.4 Å². The highest BCUT2D eigenvalue weighted by atomic mass is 35.5. The first-order valence-electron chi connectivity index (χ1n) is 7.79. The van der Waals surface area contributed by atoms with Crippen LogP contribution < -0.4 is 0 Å². The second kappa shape index (κ2) is 12.0. The first kappa shape index (κ1) is 21.5. The van der Waals surface area contributed by atoms with Gasteiger partial charge in [-0.25, -0.2) is 0 Å². The minimum absolute atomic E-state index is 0. The average molecular weight is 346 g/mol. The molecule has 1 N–H and O–H groups in total. The molecule has 0 amide bonds. The second-order valence-electron chi connectivity index (χ2n) is 5.92. The maximum Gasteiger partial charge on any atom is 0.0764 e. The lowest BCUT2D eigenvalue weighted by Gasteiger charge is -2.24. The van der Waals surface area contributed by atoms with E-state index in [9.17, 15) is 5.11 Å². The van der Waals surface area contributed by atoms with Gasteiger partial charge < -0.3 is 10.0 Å². The third-order valence-corrected chi connectivity index (χ3v) is 3.87. The molecule has 0 aromatic heterocycles. The molecule has 0 radical (unpaired) electrons. The zero-order valence-corrected chi connectivity index (χ0v) is 15.4. The molecule has 22 heavy (non-hydrogen) atoms. The van der Waals surface area contributed by atoms with Crippen LogP contribution in [0.15, 0.2) is 30.3 Å². The number of aliphatic hydroxyl groups is 1. The minimum Gasteiger partial charge on any atom is -0.389 e. The fraction of sp³-hybridized carbons (Fsp3) is 0.556. The largest absolute Gasteiger partial charge is 0.389 e. The van der Waals surface area contributed by atoms with Crippen molar-refractivity contribution in [3.63, 3.8) is 0 Å². The van der Waals surface area contributed by atoms with E-state index in [1.54, 1.807) is 0 Å². The van der Waals surface area contributed by atoms with Crippen molar-refractivity contribution < 1.29 is 5.11 Å². The van der Waals surface area contributed by atoms with Gasteiger partial charge in [0.05, 0.1) is 6.10 Å². The monoisotopic (exact) mass is 345 g/mol. The number of unbranched alkanes of at least 4 members (excludes halogenated alkanes) is 2. The summed E-state index contributed by atoms with van der Waals surface area (Å²) in [5.41, 5.74) is 1.07. The lowest BCUT2D eigenvalue weighted by Crippen LogP contribution is -2.30. The Balaban J connectivity index is 0.00000441. The van der Waals surface area contributed by atoms with E-state index in [1.807, 2.05) is 36.4 Å². The quantitative estimate of drug-likeness (QED) is 0.643. The van der Waals surface area contributed by atoms with Crippen LogP contribution in [0.1, 0.15) is 38.2 Å². The van der Waals surface area contributed by atoms with Gasteiger partial charge in [0.1, 0.15) is 0 Å². The summed E-state index contributed by atoms with van der Waals surface area (Å²) in [6.45, 7) is 3.12. The molecule has 0 aliphatic rings. The highest BCUT2D eigenvalue weighted by molar-refractivity contribution is 6.30. The summed E-state index contributed by atoms with van der Waals surface area (Å²) in [5, 5.41) is 11.2. The average Bonchev–Trinajstić information content (AvgIpc) is 2.45. The van der Waals surface area contributed by atoms with Crippen LogP contribution >= 0.6 is 24.0 Å². The van der Waals surface area contributed by atoms with Gasteiger partial charge in [0.25, 0.3) is 0 Å². The summed E-state index contributed by atoms with van der Waals surface area (Å²) in [6, 6.07) is 7.66. The molecule has 0 heterocycles. The Labute approximate surface area is 146 Å². The Morgan fingerprint density at radius 1 is 1.18 bits per heavy atom. The summed E-state index contributed by atoms with van der Waals surface area (Å²) in [6.07, 6.45) is 8.18. The van der Waals surface area contributed by atoms with Crippen LogP contribution in [0.3, 0.4) is 0 Å². The standard InChI is InChI=1S/C18H28ClNO.ClH/c1-4-5-6-7-16(14-20(2)3)18(21)13-10-15-8-11-17(19)12-9-15;/h8-13,16,18,21H,4-7,14H2,1-3H3;1H/b13-10+;/t16-,18+;/m0./s1. The molecule has 0 saturated heterocycles. The van der Waals surface area contributed by atoms with Gasteiger partial charge in [-0.05, 0) is 38.2 Å². The molecule has 2 atom stereocenters. The van der Waals surface area contributed by atoms with E-state index in [0.29, 0.717) is 0 Å². The van der Waals surface area contributed by atoms with Crippen molar-refractivity contribution in [2.24, 2.45) is 5.92 Å². The molecule has 0 fully saturated rings. The summed E-state index contributed by atoms with van der Waals surface area (Å²) in [5.74, 6) is 0.287. The molecule has 126 valence electrons. The van der Waals surface area contributed by atoms with Crippen LogP contribution in [0.4, 0.5) is 0 Å². The zero-order valence-electron chi connectivity index (χ0n) is 13.8. The van der Waals surface area contributed by atoms with Gasteiger partial charge in [-0.3, -0.25) is 0 Å². The highest BCUT2D eigenvalue weighted by Crippen LogP contribution is 2.18. The van der Waals surface area contributed by atoms with E-state index in [-0.39, 0.29) is 18.3 Å².